The SMILES string of the molecule is Cc1cccc(NC(=O)c2nnn(CC(=O)NCc3ccc(F)cc3)c2C)c1C. The summed E-state index contributed by atoms with van der Waals surface area (Å²) in [6.45, 7) is 5.78. The van der Waals surface area contributed by atoms with Gasteiger partial charge in [0, 0.05) is 12.2 Å². The Morgan fingerprint density at radius 1 is 1.07 bits per heavy atom. The minimum atomic E-state index is -0.380. The molecule has 7 nitrogen and oxygen atoms in total. The quantitative estimate of drug-likeness (QED) is 0.672. The molecule has 0 fully saturated rings. The van der Waals surface area contributed by atoms with Crippen LogP contribution in [0.3, 0.4) is 0 Å². The molecular formula is C21H22FN5O2. The van der Waals surface area contributed by atoms with E-state index in [2.05, 4.69) is 20.9 Å². The first kappa shape index (κ1) is 20.2. The molecule has 1 aromatic heterocycles. The third kappa shape index (κ3) is 4.84. The molecule has 0 spiro atoms. The van der Waals surface area contributed by atoms with Gasteiger partial charge in [-0.05, 0) is 55.7 Å². The summed E-state index contributed by atoms with van der Waals surface area (Å²) in [6.07, 6.45) is 0. The van der Waals surface area contributed by atoms with Crippen LogP contribution in [-0.4, -0.2) is 26.8 Å². The lowest BCUT2D eigenvalue weighted by Crippen LogP contribution is -2.28. The predicted octanol–water partition coefficient (Wildman–Crippen LogP) is 2.91. The Balaban J connectivity index is 1.62. The van der Waals surface area contributed by atoms with E-state index < -0.39 is 0 Å². The highest BCUT2D eigenvalue weighted by Gasteiger charge is 2.18. The number of carbonyl (C=O) groups is 2. The Morgan fingerprint density at radius 3 is 2.52 bits per heavy atom. The van der Waals surface area contributed by atoms with E-state index in [0.29, 0.717) is 11.4 Å². The zero-order valence-corrected chi connectivity index (χ0v) is 16.5. The molecule has 0 atom stereocenters. The van der Waals surface area contributed by atoms with Crippen LogP contribution in [0.15, 0.2) is 42.5 Å². The van der Waals surface area contributed by atoms with Gasteiger partial charge < -0.3 is 10.6 Å². The largest absolute Gasteiger partial charge is 0.350 e. The summed E-state index contributed by atoms with van der Waals surface area (Å²) in [5.74, 6) is -0.997. The fourth-order valence-corrected chi connectivity index (χ4v) is 2.78. The maximum absolute atomic E-state index is 12.9. The highest BCUT2D eigenvalue weighted by molar-refractivity contribution is 6.04. The van der Waals surface area contributed by atoms with E-state index in [9.17, 15) is 14.0 Å². The van der Waals surface area contributed by atoms with Crippen LogP contribution in [-0.2, 0) is 17.9 Å². The number of benzene rings is 2. The standard InChI is InChI=1S/C21H22FN5O2/c1-13-5-4-6-18(14(13)2)24-21(29)20-15(3)27(26-25-20)12-19(28)23-11-16-7-9-17(22)10-8-16/h4-10H,11-12H2,1-3H3,(H,23,28)(H,24,29). The maximum Gasteiger partial charge on any atom is 0.278 e. The number of amides is 2. The monoisotopic (exact) mass is 395 g/mol. The van der Waals surface area contributed by atoms with Crippen molar-refractivity contribution in [3.8, 4) is 0 Å². The molecule has 3 aromatic rings. The van der Waals surface area contributed by atoms with E-state index in [-0.39, 0.29) is 36.4 Å². The molecule has 0 aliphatic carbocycles. The molecule has 3 rings (SSSR count). The summed E-state index contributed by atoms with van der Waals surface area (Å²) in [7, 11) is 0. The summed E-state index contributed by atoms with van der Waals surface area (Å²) >= 11 is 0. The number of carbonyl (C=O) groups excluding carboxylic acids is 2. The molecule has 0 unspecified atom stereocenters. The summed E-state index contributed by atoms with van der Waals surface area (Å²) in [5.41, 5.74) is 4.19. The minimum absolute atomic E-state index is 0.0726. The van der Waals surface area contributed by atoms with Gasteiger partial charge in [-0.15, -0.1) is 5.10 Å². The number of nitrogens with zero attached hydrogens (tertiary/aromatic N) is 3. The highest BCUT2D eigenvalue weighted by atomic mass is 19.1. The van der Waals surface area contributed by atoms with Crippen molar-refractivity contribution in [1.29, 1.82) is 0 Å². The Hall–Kier alpha value is -3.55. The third-order valence-electron chi connectivity index (χ3n) is 4.75. The van der Waals surface area contributed by atoms with E-state index in [1.807, 2.05) is 32.0 Å². The molecule has 2 N–H and O–H groups in total. The number of anilines is 1. The number of hydrogen-bond donors (Lipinski definition) is 2. The zero-order valence-electron chi connectivity index (χ0n) is 16.5. The van der Waals surface area contributed by atoms with Crippen LogP contribution >= 0.6 is 0 Å². The average molecular weight is 395 g/mol. The van der Waals surface area contributed by atoms with Crippen LogP contribution in [0.1, 0.15) is 32.9 Å². The normalized spacial score (nSPS) is 10.6. The van der Waals surface area contributed by atoms with Crippen molar-refractivity contribution in [2.75, 3.05) is 5.32 Å². The lowest BCUT2D eigenvalue weighted by atomic mass is 10.1. The number of aryl methyl sites for hydroxylation is 1. The molecule has 0 radical (unpaired) electrons. The molecule has 1 heterocycles. The summed E-state index contributed by atoms with van der Waals surface area (Å²) in [5, 5.41) is 13.4. The lowest BCUT2D eigenvalue weighted by molar-refractivity contribution is -0.122. The number of hydrogen-bond acceptors (Lipinski definition) is 4. The zero-order chi connectivity index (χ0) is 21.0. The van der Waals surface area contributed by atoms with Gasteiger partial charge in [0.2, 0.25) is 5.91 Å². The van der Waals surface area contributed by atoms with Crippen LogP contribution in [0.2, 0.25) is 0 Å². The second-order valence-corrected chi connectivity index (χ2v) is 6.79. The molecule has 8 heteroatoms. The third-order valence-corrected chi connectivity index (χ3v) is 4.75. The molecule has 0 bridgehead atoms. The Bertz CT molecular complexity index is 1040. The van der Waals surface area contributed by atoms with Crippen LogP contribution < -0.4 is 10.6 Å². The first-order valence-corrected chi connectivity index (χ1v) is 9.14. The topological polar surface area (TPSA) is 88.9 Å². The Kier molecular flexibility index (Phi) is 6.01. The van der Waals surface area contributed by atoms with Crippen molar-refractivity contribution < 1.29 is 14.0 Å². The maximum atomic E-state index is 12.9. The van der Waals surface area contributed by atoms with E-state index in [1.54, 1.807) is 19.1 Å². The van der Waals surface area contributed by atoms with Crippen LogP contribution in [0.4, 0.5) is 10.1 Å². The van der Waals surface area contributed by atoms with E-state index in [4.69, 9.17) is 0 Å². The fourth-order valence-electron chi connectivity index (χ4n) is 2.78. The second kappa shape index (κ2) is 8.64. The van der Waals surface area contributed by atoms with Crippen molar-refractivity contribution in [2.24, 2.45) is 0 Å². The van der Waals surface area contributed by atoms with Gasteiger partial charge in [0.05, 0.1) is 5.69 Å². The van der Waals surface area contributed by atoms with Gasteiger partial charge in [-0.1, -0.05) is 29.5 Å². The molecule has 0 saturated heterocycles. The van der Waals surface area contributed by atoms with Gasteiger partial charge in [-0.25, -0.2) is 9.07 Å². The smallest absolute Gasteiger partial charge is 0.278 e. The summed E-state index contributed by atoms with van der Waals surface area (Å²) in [4.78, 5) is 24.8. The van der Waals surface area contributed by atoms with Gasteiger partial charge in [0.1, 0.15) is 12.4 Å². The van der Waals surface area contributed by atoms with E-state index >= 15 is 0 Å². The molecule has 150 valence electrons. The van der Waals surface area contributed by atoms with E-state index in [1.165, 1.54) is 16.8 Å². The molecule has 0 aliphatic heterocycles. The number of aromatic nitrogens is 3. The van der Waals surface area contributed by atoms with Crippen LogP contribution in [0.5, 0.6) is 0 Å². The number of rotatable bonds is 6. The highest BCUT2D eigenvalue weighted by Crippen LogP contribution is 2.19. The van der Waals surface area contributed by atoms with Crippen molar-refractivity contribution in [1.82, 2.24) is 20.3 Å². The molecule has 2 amide bonds. The first-order chi connectivity index (χ1) is 13.8. The number of nitrogens with one attached hydrogen (secondary N) is 2. The van der Waals surface area contributed by atoms with Gasteiger partial charge in [-0.3, -0.25) is 9.59 Å². The Morgan fingerprint density at radius 2 is 1.79 bits per heavy atom. The van der Waals surface area contributed by atoms with Crippen molar-refractivity contribution >= 4 is 17.5 Å². The van der Waals surface area contributed by atoms with Crippen LogP contribution in [0.25, 0.3) is 0 Å². The Labute approximate surface area is 167 Å². The first-order valence-electron chi connectivity index (χ1n) is 9.14. The second-order valence-electron chi connectivity index (χ2n) is 6.79. The van der Waals surface area contributed by atoms with E-state index in [0.717, 1.165) is 16.7 Å². The molecule has 0 aliphatic rings. The summed E-state index contributed by atoms with van der Waals surface area (Å²) < 4.78 is 14.3. The minimum Gasteiger partial charge on any atom is -0.350 e. The van der Waals surface area contributed by atoms with Crippen molar-refractivity contribution in [3.63, 3.8) is 0 Å². The number of halogens is 1. The van der Waals surface area contributed by atoms with Gasteiger partial charge in [-0.2, -0.15) is 0 Å². The molecular weight excluding hydrogens is 373 g/mol. The predicted molar refractivity (Wildman–Crippen MR) is 107 cm³/mol. The molecule has 29 heavy (non-hydrogen) atoms. The van der Waals surface area contributed by atoms with Gasteiger partial charge in [0.25, 0.3) is 5.91 Å². The molecule has 0 saturated carbocycles. The lowest BCUT2D eigenvalue weighted by Gasteiger charge is -2.09. The van der Waals surface area contributed by atoms with Crippen molar-refractivity contribution in [2.45, 2.75) is 33.9 Å². The van der Waals surface area contributed by atoms with Crippen molar-refractivity contribution in [3.05, 3.63) is 76.4 Å². The van der Waals surface area contributed by atoms with Gasteiger partial charge in [0.15, 0.2) is 5.69 Å². The van der Waals surface area contributed by atoms with Crippen LogP contribution in [0, 0.1) is 26.6 Å². The summed E-state index contributed by atoms with van der Waals surface area (Å²) in [6, 6.07) is 11.5. The average Bonchev–Trinajstić information content (AvgIpc) is 3.05. The van der Waals surface area contributed by atoms with Gasteiger partial charge >= 0.3 is 0 Å². The molecule has 2 aromatic carbocycles. The fraction of sp³-hybridized carbons (Fsp3) is 0.238.